The van der Waals surface area contributed by atoms with E-state index in [0.717, 1.165) is 16.9 Å². The molecule has 4 rings (SSSR count). The number of aromatic nitrogens is 2. The maximum absolute atomic E-state index is 12.8. The number of ketones is 1. The van der Waals surface area contributed by atoms with E-state index in [2.05, 4.69) is 27.4 Å². The van der Waals surface area contributed by atoms with E-state index < -0.39 is 0 Å². The van der Waals surface area contributed by atoms with Crippen LogP contribution in [0.2, 0.25) is 0 Å². The summed E-state index contributed by atoms with van der Waals surface area (Å²) in [6, 6.07) is 19.7. The lowest BCUT2D eigenvalue weighted by Gasteiger charge is -2.25. The first kappa shape index (κ1) is 15.3. The van der Waals surface area contributed by atoms with E-state index in [4.69, 9.17) is 5.73 Å². The van der Waals surface area contributed by atoms with Crippen LogP contribution in [0.4, 0.5) is 17.5 Å². The molecule has 0 radical (unpaired) electrons. The Morgan fingerprint density at radius 3 is 2.32 bits per heavy atom. The van der Waals surface area contributed by atoms with Crippen LogP contribution in [0, 0.1) is 0 Å². The molecule has 0 amide bonds. The van der Waals surface area contributed by atoms with Gasteiger partial charge in [0.25, 0.3) is 0 Å². The number of nitrogens with one attached hydrogen (secondary N) is 1. The second-order valence-electron chi connectivity index (χ2n) is 6.18. The van der Waals surface area contributed by atoms with Crippen molar-refractivity contribution in [3.8, 4) is 0 Å². The highest BCUT2D eigenvalue weighted by atomic mass is 16.1. The predicted molar refractivity (Wildman–Crippen MR) is 98.0 cm³/mol. The fraction of sp³-hybridized carbons (Fsp3) is 0.150. The van der Waals surface area contributed by atoms with Crippen molar-refractivity contribution in [3.05, 3.63) is 77.5 Å². The molecule has 1 aliphatic carbocycles. The van der Waals surface area contributed by atoms with Crippen LogP contribution in [0.25, 0.3) is 0 Å². The van der Waals surface area contributed by atoms with E-state index in [0.29, 0.717) is 24.2 Å². The molecule has 25 heavy (non-hydrogen) atoms. The number of fused-ring (bicyclic) bond motifs is 1. The molecular weight excluding hydrogens is 312 g/mol. The maximum atomic E-state index is 12.8. The molecule has 124 valence electrons. The smallest absolute Gasteiger partial charge is 0.222 e. The largest absolute Gasteiger partial charge is 0.368 e. The molecule has 3 N–H and O–H groups in total. The molecular formula is C20H18N4O. The monoisotopic (exact) mass is 330 g/mol. The molecule has 0 saturated carbocycles. The minimum Gasteiger partial charge on any atom is -0.368 e. The van der Waals surface area contributed by atoms with E-state index in [9.17, 15) is 4.79 Å². The van der Waals surface area contributed by atoms with Gasteiger partial charge in [0.15, 0.2) is 5.78 Å². The van der Waals surface area contributed by atoms with Crippen LogP contribution in [-0.4, -0.2) is 15.8 Å². The van der Waals surface area contributed by atoms with Crippen molar-refractivity contribution in [2.24, 2.45) is 0 Å². The topological polar surface area (TPSA) is 80.9 Å². The third kappa shape index (κ3) is 3.08. The van der Waals surface area contributed by atoms with Crippen LogP contribution in [0.3, 0.4) is 0 Å². The molecule has 0 unspecified atom stereocenters. The molecule has 1 aliphatic rings. The first-order chi connectivity index (χ1) is 12.2. The van der Waals surface area contributed by atoms with E-state index in [1.807, 2.05) is 48.5 Å². The van der Waals surface area contributed by atoms with Crippen molar-refractivity contribution in [2.45, 2.75) is 18.8 Å². The van der Waals surface area contributed by atoms with Crippen LogP contribution in [0.5, 0.6) is 0 Å². The van der Waals surface area contributed by atoms with E-state index in [-0.39, 0.29) is 17.6 Å². The van der Waals surface area contributed by atoms with E-state index in [1.54, 1.807) is 0 Å². The van der Waals surface area contributed by atoms with E-state index in [1.165, 1.54) is 0 Å². The van der Waals surface area contributed by atoms with Crippen molar-refractivity contribution in [3.63, 3.8) is 0 Å². The Morgan fingerprint density at radius 1 is 0.920 bits per heavy atom. The van der Waals surface area contributed by atoms with Gasteiger partial charge in [-0.2, -0.15) is 4.98 Å². The summed E-state index contributed by atoms with van der Waals surface area (Å²) in [7, 11) is 0. The lowest BCUT2D eigenvalue weighted by Crippen LogP contribution is -2.23. The van der Waals surface area contributed by atoms with Crippen LogP contribution in [0.1, 0.15) is 34.0 Å². The summed E-state index contributed by atoms with van der Waals surface area (Å²) in [4.78, 5) is 21.4. The summed E-state index contributed by atoms with van der Waals surface area (Å²) >= 11 is 0. The van der Waals surface area contributed by atoms with Crippen LogP contribution in [-0.2, 0) is 6.42 Å². The highest BCUT2D eigenvalue weighted by molar-refractivity contribution is 6.03. The van der Waals surface area contributed by atoms with Gasteiger partial charge in [0, 0.05) is 12.1 Å². The number of carbonyl (C=O) groups excluding carboxylic acids is 1. The van der Waals surface area contributed by atoms with Gasteiger partial charge in [-0.05, 0) is 30.0 Å². The van der Waals surface area contributed by atoms with Crippen LogP contribution < -0.4 is 11.1 Å². The molecule has 0 fully saturated rings. The lowest BCUT2D eigenvalue weighted by molar-refractivity contribution is 0.0964. The van der Waals surface area contributed by atoms with Gasteiger partial charge in [0.1, 0.15) is 5.82 Å². The minimum atomic E-state index is 0.0496. The summed E-state index contributed by atoms with van der Waals surface area (Å²) in [6.45, 7) is 0. The molecule has 5 heteroatoms. The number of nitrogens with zero attached hydrogens (tertiary/aromatic N) is 2. The third-order valence-corrected chi connectivity index (χ3v) is 4.46. The Kier molecular flexibility index (Phi) is 3.90. The number of hydrogen-bond acceptors (Lipinski definition) is 5. The number of anilines is 3. The zero-order chi connectivity index (χ0) is 17.2. The summed E-state index contributed by atoms with van der Waals surface area (Å²) in [5, 5.41) is 3.21. The normalized spacial score (nSPS) is 16.3. The summed E-state index contributed by atoms with van der Waals surface area (Å²) in [5.74, 6) is 0.845. The highest BCUT2D eigenvalue weighted by Gasteiger charge is 2.30. The Morgan fingerprint density at radius 2 is 1.60 bits per heavy atom. The number of carbonyl (C=O) groups is 1. The Hall–Kier alpha value is -3.21. The predicted octanol–water partition coefficient (Wildman–Crippen LogP) is 3.72. The molecule has 2 aromatic carbocycles. The van der Waals surface area contributed by atoms with Crippen molar-refractivity contribution in [2.75, 3.05) is 11.1 Å². The number of nitrogens with two attached hydrogens (primary N) is 1. The molecule has 1 aromatic heterocycles. The average molecular weight is 330 g/mol. The van der Waals surface area contributed by atoms with Crippen molar-refractivity contribution in [1.82, 2.24) is 9.97 Å². The van der Waals surface area contributed by atoms with Crippen LogP contribution >= 0.6 is 0 Å². The van der Waals surface area contributed by atoms with Gasteiger partial charge in [-0.25, -0.2) is 4.98 Å². The molecule has 0 saturated heterocycles. The fourth-order valence-electron chi connectivity index (χ4n) is 3.31. The molecule has 1 atom stereocenters. The number of nitrogen functional groups attached to an aromatic ring is 1. The summed E-state index contributed by atoms with van der Waals surface area (Å²) in [5.41, 5.74) is 9.18. The Bertz CT molecular complexity index is 910. The SMILES string of the molecule is Nc1nc2c(c(Nc3ccccc3)n1)C(=O)C[C@@H](c1ccccc1)C2. The van der Waals surface area contributed by atoms with Gasteiger partial charge in [-0.3, -0.25) is 4.79 Å². The van der Waals surface area contributed by atoms with Crippen molar-refractivity contribution in [1.29, 1.82) is 0 Å². The number of benzene rings is 2. The summed E-state index contributed by atoms with van der Waals surface area (Å²) < 4.78 is 0. The molecule has 0 bridgehead atoms. The summed E-state index contributed by atoms with van der Waals surface area (Å²) in [6.07, 6.45) is 1.13. The number of para-hydroxylation sites is 1. The Balaban J connectivity index is 1.72. The van der Waals surface area contributed by atoms with Crippen molar-refractivity contribution < 1.29 is 4.79 Å². The molecule has 1 heterocycles. The zero-order valence-electron chi connectivity index (χ0n) is 13.6. The first-order valence-electron chi connectivity index (χ1n) is 8.27. The standard InChI is InChI=1S/C20H18N4O/c21-20-23-16-11-14(13-7-3-1-4-8-13)12-17(25)18(16)19(24-20)22-15-9-5-2-6-10-15/h1-10,14H,11-12H2,(H3,21,22,23,24)/t14-/m0/s1. The Labute approximate surface area is 145 Å². The second-order valence-corrected chi connectivity index (χ2v) is 6.18. The molecule has 5 nitrogen and oxygen atoms in total. The van der Waals surface area contributed by atoms with Gasteiger partial charge >= 0.3 is 0 Å². The number of Topliss-reactive ketones (excluding diaryl/α,β-unsaturated/α-hetero) is 1. The average Bonchev–Trinajstić information content (AvgIpc) is 2.62. The number of hydrogen-bond donors (Lipinski definition) is 2. The van der Waals surface area contributed by atoms with Gasteiger partial charge in [-0.15, -0.1) is 0 Å². The zero-order valence-corrected chi connectivity index (χ0v) is 13.6. The first-order valence-corrected chi connectivity index (χ1v) is 8.27. The molecule has 0 spiro atoms. The van der Waals surface area contributed by atoms with Gasteiger partial charge in [0.2, 0.25) is 5.95 Å². The van der Waals surface area contributed by atoms with Gasteiger partial charge in [0.05, 0.1) is 11.3 Å². The fourth-order valence-corrected chi connectivity index (χ4v) is 3.31. The minimum absolute atomic E-state index is 0.0496. The van der Waals surface area contributed by atoms with E-state index >= 15 is 0 Å². The quantitative estimate of drug-likeness (QED) is 0.765. The highest BCUT2D eigenvalue weighted by Crippen LogP contribution is 2.35. The van der Waals surface area contributed by atoms with Crippen molar-refractivity contribution >= 4 is 23.2 Å². The van der Waals surface area contributed by atoms with Gasteiger partial charge in [-0.1, -0.05) is 48.5 Å². The molecule has 3 aromatic rings. The number of rotatable bonds is 3. The van der Waals surface area contributed by atoms with Gasteiger partial charge < -0.3 is 11.1 Å². The van der Waals surface area contributed by atoms with Crippen LogP contribution in [0.15, 0.2) is 60.7 Å². The molecule has 0 aliphatic heterocycles. The second kappa shape index (κ2) is 6.36. The maximum Gasteiger partial charge on any atom is 0.222 e. The lowest BCUT2D eigenvalue weighted by atomic mass is 9.82. The third-order valence-electron chi connectivity index (χ3n) is 4.46.